The second kappa shape index (κ2) is 8.60. The van der Waals surface area contributed by atoms with Crippen LogP contribution in [0.4, 0.5) is 9.52 Å². The summed E-state index contributed by atoms with van der Waals surface area (Å²) in [5.74, 6) is 0.189. The van der Waals surface area contributed by atoms with Gasteiger partial charge in [0.15, 0.2) is 5.13 Å². The van der Waals surface area contributed by atoms with Gasteiger partial charge in [-0.2, -0.15) is 0 Å². The number of hydrogen-bond acceptors (Lipinski definition) is 5. The number of fused-ring (bicyclic) bond motifs is 1. The number of aromatic nitrogens is 1. The lowest BCUT2D eigenvalue weighted by Crippen LogP contribution is -2.42. The predicted octanol–water partition coefficient (Wildman–Crippen LogP) is 3.73. The van der Waals surface area contributed by atoms with Gasteiger partial charge in [-0.15, -0.1) is 11.3 Å². The monoisotopic (exact) mass is 426 g/mol. The first-order valence-corrected chi connectivity index (χ1v) is 11.2. The summed E-state index contributed by atoms with van der Waals surface area (Å²) in [5, 5.41) is 0.614. The average molecular weight is 427 g/mol. The summed E-state index contributed by atoms with van der Waals surface area (Å²) < 4.78 is 13.3. The molecule has 0 radical (unpaired) electrons. The molecule has 7 heteroatoms. The molecule has 1 aromatic heterocycles. The number of anilines is 1. The van der Waals surface area contributed by atoms with Crippen LogP contribution < -0.4 is 5.73 Å². The van der Waals surface area contributed by atoms with Crippen molar-refractivity contribution in [2.75, 3.05) is 31.9 Å². The molecule has 5 nitrogen and oxygen atoms in total. The highest BCUT2D eigenvalue weighted by molar-refractivity contribution is 7.15. The Labute approximate surface area is 180 Å². The molecule has 0 spiro atoms. The van der Waals surface area contributed by atoms with Gasteiger partial charge in [-0.25, -0.2) is 9.37 Å². The average Bonchev–Trinajstić information content (AvgIpc) is 2.96. The number of halogens is 1. The van der Waals surface area contributed by atoms with Crippen molar-refractivity contribution >= 4 is 27.9 Å². The summed E-state index contributed by atoms with van der Waals surface area (Å²) in [4.78, 5) is 22.8. The van der Waals surface area contributed by atoms with Crippen LogP contribution in [0.3, 0.4) is 0 Å². The first-order chi connectivity index (χ1) is 14.4. The minimum Gasteiger partial charge on any atom is -0.375 e. The quantitative estimate of drug-likeness (QED) is 0.809. The van der Waals surface area contributed by atoms with E-state index in [1.54, 1.807) is 12.1 Å². The van der Waals surface area contributed by atoms with Gasteiger partial charge >= 0.3 is 0 Å². The number of nitrogens with zero attached hydrogens (tertiary/aromatic N) is 3. The molecule has 0 atom stereocenters. The second-order valence-corrected chi connectivity index (χ2v) is 9.19. The third-order valence-electron chi connectivity index (χ3n) is 5.67. The van der Waals surface area contributed by atoms with Crippen LogP contribution in [0.25, 0.3) is 5.57 Å². The Morgan fingerprint density at radius 3 is 2.70 bits per heavy atom. The van der Waals surface area contributed by atoms with Crippen LogP contribution in [0, 0.1) is 11.7 Å². The largest absolute Gasteiger partial charge is 0.375 e. The molecular weight excluding hydrogens is 399 g/mol. The van der Waals surface area contributed by atoms with Crippen LogP contribution in [-0.2, 0) is 17.6 Å². The van der Waals surface area contributed by atoms with Gasteiger partial charge in [0.1, 0.15) is 5.82 Å². The van der Waals surface area contributed by atoms with E-state index >= 15 is 0 Å². The fourth-order valence-corrected chi connectivity index (χ4v) is 4.92. The Balaban J connectivity index is 1.44. The third kappa shape index (κ3) is 4.41. The van der Waals surface area contributed by atoms with E-state index in [0.717, 1.165) is 35.4 Å². The molecule has 0 fully saturated rings. The van der Waals surface area contributed by atoms with Crippen LogP contribution in [0.5, 0.6) is 0 Å². The Morgan fingerprint density at radius 1 is 1.23 bits per heavy atom. The number of carbonyl (C=O) groups excluding carboxylic acids is 1. The SMILES string of the molecule is CC(C)C1=CC(c2ccc(F)cc2)=CCN1CC(=O)N1CCc2nc(N)sc2CC1. The van der Waals surface area contributed by atoms with Crippen molar-refractivity contribution in [3.8, 4) is 0 Å². The number of benzene rings is 1. The number of thiazole rings is 1. The summed E-state index contributed by atoms with van der Waals surface area (Å²) in [5.41, 5.74) is 10.1. The van der Waals surface area contributed by atoms with Crippen LogP contribution in [0.2, 0.25) is 0 Å². The van der Waals surface area contributed by atoms with Crippen LogP contribution in [0.1, 0.15) is 30.0 Å². The molecule has 4 rings (SSSR count). The zero-order chi connectivity index (χ0) is 21.3. The topological polar surface area (TPSA) is 62.5 Å². The predicted molar refractivity (Wildman–Crippen MR) is 119 cm³/mol. The van der Waals surface area contributed by atoms with E-state index in [1.807, 2.05) is 4.90 Å². The molecule has 0 bridgehead atoms. The van der Waals surface area contributed by atoms with Crippen molar-refractivity contribution in [3.63, 3.8) is 0 Å². The zero-order valence-electron chi connectivity index (χ0n) is 17.4. The number of amides is 1. The molecule has 1 aromatic carbocycles. The van der Waals surface area contributed by atoms with Crippen molar-refractivity contribution in [3.05, 3.63) is 64.1 Å². The number of allylic oxidation sites excluding steroid dienone is 3. The van der Waals surface area contributed by atoms with Gasteiger partial charge in [-0.3, -0.25) is 4.79 Å². The van der Waals surface area contributed by atoms with Gasteiger partial charge < -0.3 is 15.5 Å². The van der Waals surface area contributed by atoms with Gasteiger partial charge in [0, 0.05) is 43.1 Å². The van der Waals surface area contributed by atoms with Gasteiger partial charge in [-0.1, -0.05) is 32.1 Å². The highest BCUT2D eigenvalue weighted by Gasteiger charge is 2.25. The molecular formula is C23H27FN4OS. The lowest BCUT2D eigenvalue weighted by atomic mass is 9.97. The molecule has 158 valence electrons. The Kier molecular flexibility index (Phi) is 5.90. The van der Waals surface area contributed by atoms with Crippen molar-refractivity contribution in [1.82, 2.24) is 14.8 Å². The maximum atomic E-state index is 13.3. The number of carbonyl (C=O) groups is 1. The highest BCUT2D eigenvalue weighted by Crippen LogP contribution is 2.28. The van der Waals surface area contributed by atoms with E-state index in [1.165, 1.54) is 28.3 Å². The minimum absolute atomic E-state index is 0.142. The number of rotatable bonds is 4. The third-order valence-corrected chi connectivity index (χ3v) is 6.66. The number of nitrogen functional groups attached to an aromatic ring is 1. The Bertz CT molecular complexity index is 968. The second-order valence-electron chi connectivity index (χ2n) is 8.07. The molecule has 0 saturated heterocycles. The maximum absolute atomic E-state index is 13.3. The lowest BCUT2D eigenvalue weighted by molar-refractivity contribution is -0.131. The van der Waals surface area contributed by atoms with E-state index in [-0.39, 0.29) is 17.6 Å². The minimum atomic E-state index is -0.236. The van der Waals surface area contributed by atoms with E-state index in [9.17, 15) is 9.18 Å². The zero-order valence-corrected chi connectivity index (χ0v) is 18.2. The summed E-state index contributed by atoms with van der Waals surface area (Å²) in [6.07, 6.45) is 5.81. The summed E-state index contributed by atoms with van der Waals surface area (Å²) >= 11 is 1.53. The van der Waals surface area contributed by atoms with Crippen molar-refractivity contribution in [2.24, 2.45) is 5.92 Å². The Morgan fingerprint density at radius 2 is 1.97 bits per heavy atom. The van der Waals surface area contributed by atoms with Crippen LogP contribution >= 0.6 is 11.3 Å². The molecule has 2 aliphatic rings. The fraction of sp³-hybridized carbons (Fsp3) is 0.391. The summed E-state index contributed by atoms with van der Waals surface area (Å²) in [7, 11) is 0. The van der Waals surface area contributed by atoms with Gasteiger partial charge in [0.05, 0.1) is 12.2 Å². The van der Waals surface area contributed by atoms with Gasteiger partial charge in [0.25, 0.3) is 0 Å². The van der Waals surface area contributed by atoms with Gasteiger partial charge in [-0.05, 0) is 35.3 Å². The molecule has 2 aromatic rings. The van der Waals surface area contributed by atoms with Crippen molar-refractivity contribution in [2.45, 2.75) is 26.7 Å². The molecule has 2 N–H and O–H groups in total. The van der Waals surface area contributed by atoms with E-state index < -0.39 is 0 Å². The van der Waals surface area contributed by atoms with E-state index in [4.69, 9.17) is 5.73 Å². The smallest absolute Gasteiger partial charge is 0.242 e. The van der Waals surface area contributed by atoms with Crippen LogP contribution in [-0.4, -0.2) is 46.9 Å². The number of nitrogens with two attached hydrogens (primary N) is 1. The molecule has 0 saturated carbocycles. The van der Waals surface area contributed by atoms with E-state index in [2.05, 4.69) is 35.9 Å². The molecule has 0 unspecified atom stereocenters. The number of hydrogen-bond donors (Lipinski definition) is 1. The van der Waals surface area contributed by atoms with Crippen molar-refractivity contribution < 1.29 is 9.18 Å². The fourth-order valence-electron chi connectivity index (χ4n) is 4.05. The molecule has 0 aliphatic carbocycles. The Hall–Kier alpha value is -2.67. The molecule has 3 heterocycles. The summed E-state index contributed by atoms with van der Waals surface area (Å²) in [6, 6.07) is 6.56. The van der Waals surface area contributed by atoms with Gasteiger partial charge in [0.2, 0.25) is 5.91 Å². The van der Waals surface area contributed by atoms with Crippen molar-refractivity contribution in [1.29, 1.82) is 0 Å². The standard InChI is InChI=1S/C23H27FN4OS/c1-15(2)20-13-17(16-3-5-18(24)6-4-16)7-10-28(20)14-22(29)27-11-8-19-21(9-12-27)30-23(25)26-19/h3-7,13,15H,8-12,14H2,1-2H3,(H2,25,26). The molecule has 1 amide bonds. The van der Waals surface area contributed by atoms with Crippen LogP contribution in [0.15, 0.2) is 42.1 Å². The first-order valence-electron chi connectivity index (χ1n) is 10.3. The summed E-state index contributed by atoms with van der Waals surface area (Å²) in [6.45, 7) is 6.69. The maximum Gasteiger partial charge on any atom is 0.242 e. The molecule has 2 aliphatic heterocycles. The normalized spacial score (nSPS) is 16.8. The van der Waals surface area contributed by atoms with E-state index in [0.29, 0.717) is 31.3 Å². The first kappa shape index (κ1) is 20.6. The lowest BCUT2D eigenvalue weighted by Gasteiger charge is -2.33. The highest BCUT2D eigenvalue weighted by atomic mass is 32.1. The molecule has 30 heavy (non-hydrogen) atoms.